The zero-order valence-electron chi connectivity index (χ0n) is 11.5. The Morgan fingerprint density at radius 3 is 2.75 bits per heavy atom. The van der Waals surface area contributed by atoms with Crippen LogP contribution in [0.15, 0.2) is 29.4 Å². The number of esters is 1. The number of nitrogens with one attached hydrogen (secondary N) is 1. The maximum atomic E-state index is 11.3. The molecule has 0 aliphatic carbocycles. The third-order valence-corrected chi connectivity index (χ3v) is 2.67. The summed E-state index contributed by atoms with van der Waals surface area (Å²) in [5.74, 6) is -0.783. The lowest BCUT2D eigenvalue weighted by molar-refractivity contribution is -0.134. The molecule has 0 aliphatic rings. The molecule has 108 valence electrons. The van der Waals surface area contributed by atoms with E-state index in [1.54, 1.807) is 38.2 Å². The molecule has 0 fully saturated rings. The maximum Gasteiger partial charge on any atom is 0.370 e. The van der Waals surface area contributed by atoms with Crippen LogP contribution in [0.3, 0.4) is 0 Å². The zero-order chi connectivity index (χ0) is 15.1. The highest BCUT2D eigenvalue weighted by Gasteiger charge is 2.09. The molecule has 1 aromatic rings. The van der Waals surface area contributed by atoms with E-state index in [0.717, 1.165) is 0 Å². The van der Waals surface area contributed by atoms with Crippen molar-refractivity contribution in [3.63, 3.8) is 0 Å². The minimum Gasteiger partial charge on any atom is -0.461 e. The summed E-state index contributed by atoms with van der Waals surface area (Å²) in [6, 6.07) is 6.98. The average Bonchev–Trinajstić information content (AvgIpc) is 2.44. The van der Waals surface area contributed by atoms with Gasteiger partial charge in [0.05, 0.1) is 12.3 Å². The number of hydrazone groups is 1. The minimum absolute atomic E-state index is 0.0878. The summed E-state index contributed by atoms with van der Waals surface area (Å²) in [6.07, 6.45) is 0. The lowest BCUT2D eigenvalue weighted by atomic mass is 10.2. The van der Waals surface area contributed by atoms with E-state index in [2.05, 4.69) is 10.5 Å². The highest BCUT2D eigenvalue weighted by Crippen LogP contribution is 2.18. The quantitative estimate of drug-likeness (QED) is 0.514. The maximum absolute atomic E-state index is 11.3. The first-order chi connectivity index (χ1) is 9.45. The van der Waals surface area contributed by atoms with Crippen LogP contribution in [0.1, 0.15) is 13.8 Å². The Bertz CT molecular complexity index is 531. The third kappa shape index (κ3) is 4.55. The van der Waals surface area contributed by atoms with E-state index in [0.29, 0.717) is 11.4 Å². The third-order valence-electron chi connectivity index (χ3n) is 2.43. The molecule has 0 saturated carbocycles. The largest absolute Gasteiger partial charge is 0.461 e. The average molecular weight is 298 g/mol. The van der Waals surface area contributed by atoms with Crippen LogP contribution in [0.2, 0.25) is 0 Å². The van der Waals surface area contributed by atoms with Gasteiger partial charge < -0.3 is 9.64 Å². The van der Waals surface area contributed by atoms with Crippen LogP contribution in [-0.2, 0) is 14.3 Å². The van der Waals surface area contributed by atoms with E-state index in [4.69, 9.17) is 16.3 Å². The van der Waals surface area contributed by atoms with Crippen LogP contribution in [0.25, 0.3) is 0 Å². The Balaban J connectivity index is 2.79. The van der Waals surface area contributed by atoms with Gasteiger partial charge in [-0.2, -0.15) is 5.10 Å². The molecular formula is C13H16ClN3O3. The van der Waals surface area contributed by atoms with Gasteiger partial charge in [0.2, 0.25) is 11.1 Å². The molecule has 1 N–H and O–H groups in total. The summed E-state index contributed by atoms with van der Waals surface area (Å²) >= 11 is 5.66. The van der Waals surface area contributed by atoms with E-state index < -0.39 is 5.97 Å². The minimum atomic E-state index is -0.696. The topological polar surface area (TPSA) is 71.0 Å². The second-order valence-corrected chi connectivity index (χ2v) is 4.22. The molecule has 0 aliphatic heterocycles. The standard InChI is InChI=1S/C13H16ClN3O3/c1-4-20-13(19)12(14)16-15-10-6-5-7-11(8-10)17(3)9(2)18/h5-8,15H,4H2,1-3H3/b16-12-. The molecule has 0 unspecified atom stereocenters. The fourth-order valence-corrected chi connectivity index (χ4v) is 1.41. The number of hydrogen-bond acceptors (Lipinski definition) is 5. The van der Waals surface area contributed by atoms with Crippen LogP contribution in [0.4, 0.5) is 11.4 Å². The Labute approximate surface area is 122 Å². The molecule has 0 aromatic heterocycles. The highest BCUT2D eigenvalue weighted by atomic mass is 35.5. The number of hydrogen-bond donors (Lipinski definition) is 1. The van der Waals surface area contributed by atoms with Gasteiger partial charge in [0.15, 0.2) is 0 Å². The summed E-state index contributed by atoms with van der Waals surface area (Å²) < 4.78 is 4.69. The normalized spacial score (nSPS) is 10.9. The van der Waals surface area contributed by atoms with E-state index in [1.807, 2.05) is 0 Å². The van der Waals surface area contributed by atoms with Crippen molar-refractivity contribution in [2.24, 2.45) is 5.10 Å². The van der Waals surface area contributed by atoms with Gasteiger partial charge in [0, 0.05) is 19.7 Å². The second-order valence-electron chi connectivity index (χ2n) is 3.86. The first kappa shape index (κ1) is 16.0. The summed E-state index contributed by atoms with van der Waals surface area (Å²) in [5, 5.41) is 3.42. The molecule has 0 atom stereocenters. The number of benzene rings is 1. The van der Waals surface area contributed by atoms with Crippen LogP contribution in [0, 0.1) is 0 Å². The Kier molecular flexibility index (Phi) is 5.99. The molecule has 0 heterocycles. The predicted molar refractivity (Wildman–Crippen MR) is 79.1 cm³/mol. The summed E-state index contributed by atoms with van der Waals surface area (Å²) in [7, 11) is 1.66. The molecule has 0 spiro atoms. The second kappa shape index (κ2) is 7.49. The van der Waals surface area contributed by atoms with Gasteiger partial charge in [-0.25, -0.2) is 4.79 Å². The molecule has 1 rings (SSSR count). The number of ether oxygens (including phenoxy) is 1. The van der Waals surface area contributed by atoms with Gasteiger partial charge in [-0.15, -0.1) is 0 Å². The van der Waals surface area contributed by atoms with Crippen molar-refractivity contribution in [2.45, 2.75) is 13.8 Å². The molecule has 6 nitrogen and oxygen atoms in total. The van der Waals surface area contributed by atoms with Gasteiger partial charge in [-0.1, -0.05) is 17.7 Å². The Morgan fingerprint density at radius 2 is 2.15 bits per heavy atom. The van der Waals surface area contributed by atoms with E-state index in [1.165, 1.54) is 11.8 Å². The Morgan fingerprint density at radius 1 is 1.45 bits per heavy atom. The first-order valence-electron chi connectivity index (χ1n) is 5.96. The SMILES string of the molecule is CCOC(=O)/C(Cl)=N/Nc1cccc(N(C)C(C)=O)c1. The van der Waals surface area contributed by atoms with Crippen LogP contribution in [0.5, 0.6) is 0 Å². The molecule has 1 amide bonds. The molecule has 1 aromatic carbocycles. The number of halogens is 1. The van der Waals surface area contributed by atoms with Crippen molar-refractivity contribution in [3.05, 3.63) is 24.3 Å². The van der Waals surface area contributed by atoms with Crippen molar-refractivity contribution in [1.29, 1.82) is 0 Å². The molecular weight excluding hydrogens is 282 g/mol. The van der Waals surface area contributed by atoms with Crippen LogP contribution in [-0.4, -0.2) is 30.7 Å². The van der Waals surface area contributed by atoms with Gasteiger partial charge >= 0.3 is 5.97 Å². The van der Waals surface area contributed by atoms with E-state index >= 15 is 0 Å². The Hall–Kier alpha value is -2.08. The van der Waals surface area contributed by atoms with Crippen molar-refractivity contribution in [1.82, 2.24) is 0 Å². The van der Waals surface area contributed by atoms with Gasteiger partial charge in [0.1, 0.15) is 0 Å². The van der Waals surface area contributed by atoms with Crippen molar-refractivity contribution in [2.75, 3.05) is 24.0 Å². The zero-order valence-corrected chi connectivity index (χ0v) is 12.3. The van der Waals surface area contributed by atoms with Crippen molar-refractivity contribution < 1.29 is 14.3 Å². The number of nitrogens with zero attached hydrogens (tertiary/aromatic N) is 2. The lowest BCUT2D eigenvalue weighted by Gasteiger charge is -2.15. The highest BCUT2D eigenvalue weighted by molar-refractivity contribution is 6.82. The smallest absolute Gasteiger partial charge is 0.370 e. The predicted octanol–water partition coefficient (Wildman–Crippen LogP) is 2.20. The van der Waals surface area contributed by atoms with E-state index in [9.17, 15) is 9.59 Å². The first-order valence-corrected chi connectivity index (χ1v) is 6.34. The number of rotatable bonds is 5. The lowest BCUT2D eigenvalue weighted by Crippen LogP contribution is -2.22. The molecule has 7 heteroatoms. The fourth-order valence-electron chi connectivity index (χ4n) is 1.32. The van der Waals surface area contributed by atoms with Crippen molar-refractivity contribution in [3.8, 4) is 0 Å². The van der Waals surface area contributed by atoms with Gasteiger partial charge in [0.25, 0.3) is 0 Å². The van der Waals surface area contributed by atoms with Crippen molar-refractivity contribution >= 4 is 40.0 Å². The number of amides is 1. The molecule has 0 bridgehead atoms. The van der Waals surface area contributed by atoms with Gasteiger partial charge in [-0.05, 0) is 25.1 Å². The molecule has 20 heavy (non-hydrogen) atoms. The summed E-state index contributed by atoms with van der Waals surface area (Å²) in [6.45, 7) is 3.37. The molecule has 0 radical (unpaired) electrons. The number of carbonyl (C=O) groups is 2. The van der Waals surface area contributed by atoms with Gasteiger partial charge in [-0.3, -0.25) is 10.2 Å². The van der Waals surface area contributed by atoms with E-state index in [-0.39, 0.29) is 17.7 Å². The summed E-state index contributed by atoms with van der Waals surface area (Å²) in [4.78, 5) is 24.0. The monoisotopic (exact) mass is 297 g/mol. The molecule has 0 saturated heterocycles. The fraction of sp³-hybridized carbons (Fsp3) is 0.308. The number of carbonyl (C=O) groups excluding carboxylic acids is 2. The van der Waals surface area contributed by atoms with Crippen LogP contribution < -0.4 is 10.3 Å². The van der Waals surface area contributed by atoms with Crippen LogP contribution >= 0.6 is 11.6 Å². The number of anilines is 2. The summed E-state index contributed by atoms with van der Waals surface area (Å²) in [5.41, 5.74) is 3.93.